The highest BCUT2D eigenvalue weighted by Gasteiger charge is 2.11. The molecule has 0 aromatic heterocycles. The average molecular weight is 221 g/mol. The van der Waals surface area contributed by atoms with Gasteiger partial charge in [-0.15, -0.1) is 0 Å². The molecule has 0 unspecified atom stereocenters. The Hall–Kier alpha value is -1.02. The van der Waals surface area contributed by atoms with E-state index in [1.165, 1.54) is 18.5 Å². The highest BCUT2D eigenvalue weighted by Crippen LogP contribution is 2.26. The van der Waals surface area contributed by atoms with Crippen molar-refractivity contribution in [2.24, 2.45) is 0 Å². The average Bonchev–Trinajstić information content (AvgIpc) is 2.30. The lowest BCUT2D eigenvalue weighted by Gasteiger charge is -2.26. The highest BCUT2D eigenvalue weighted by molar-refractivity contribution is 5.54. The summed E-state index contributed by atoms with van der Waals surface area (Å²) < 4.78 is 0. The molecule has 0 spiro atoms. The number of unbranched alkanes of at least 4 members (excludes halogenated alkanes) is 1. The van der Waals surface area contributed by atoms with Gasteiger partial charge in [-0.3, -0.25) is 0 Å². The SMILES string of the molecule is CCCCN(CC)c1ccccc1[C@H](C)O. The zero-order valence-corrected chi connectivity index (χ0v) is 10.6. The molecule has 0 aliphatic rings. The largest absolute Gasteiger partial charge is 0.389 e. The Morgan fingerprint density at radius 3 is 2.50 bits per heavy atom. The van der Waals surface area contributed by atoms with Crippen molar-refractivity contribution in [1.29, 1.82) is 0 Å². The molecular formula is C14H23NO. The molecule has 1 aromatic carbocycles. The number of aliphatic hydroxyl groups excluding tert-OH is 1. The van der Waals surface area contributed by atoms with Crippen LogP contribution in [0.1, 0.15) is 45.3 Å². The first-order chi connectivity index (χ1) is 7.70. The Morgan fingerprint density at radius 2 is 1.94 bits per heavy atom. The van der Waals surface area contributed by atoms with Gasteiger partial charge < -0.3 is 10.0 Å². The van der Waals surface area contributed by atoms with Gasteiger partial charge in [-0.25, -0.2) is 0 Å². The van der Waals surface area contributed by atoms with Crippen LogP contribution in [0.2, 0.25) is 0 Å². The standard InChI is InChI=1S/C14H23NO/c1-4-6-11-15(5-2)14-10-8-7-9-13(14)12(3)16/h7-10,12,16H,4-6,11H2,1-3H3/t12-/m0/s1. The monoisotopic (exact) mass is 221 g/mol. The van der Waals surface area contributed by atoms with Crippen LogP contribution >= 0.6 is 0 Å². The van der Waals surface area contributed by atoms with Crippen LogP contribution in [0.4, 0.5) is 5.69 Å². The molecule has 2 heteroatoms. The molecule has 1 aromatic rings. The van der Waals surface area contributed by atoms with E-state index in [-0.39, 0.29) is 0 Å². The third kappa shape index (κ3) is 3.24. The predicted octanol–water partition coefficient (Wildman–Crippen LogP) is 3.37. The molecule has 0 bridgehead atoms. The summed E-state index contributed by atoms with van der Waals surface area (Å²) in [5, 5.41) is 9.75. The zero-order chi connectivity index (χ0) is 12.0. The van der Waals surface area contributed by atoms with Crippen molar-refractivity contribution in [3.05, 3.63) is 29.8 Å². The fraction of sp³-hybridized carbons (Fsp3) is 0.571. The maximum Gasteiger partial charge on any atom is 0.0781 e. The normalized spacial score (nSPS) is 12.5. The summed E-state index contributed by atoms with van der Waals surface area (Å²) in [6.45, 7) is 8.25. The molecule has 1 atom stereocenters. The number of hydrogen-bond acceptors (Lipinski definition) is 2. The van der Waals surface area contributed by atoms with E-state index in [0.29, 0.717) is 0 Å². The van der Waals surface area contributed by atoms with Crippen molar-refractivity contribution in [1.82, 2.24) is 0 Å². The highest BCUT2D eigenvalue weighted by atomic mass is 16.3. The van der Waals surface area contributed by atoms with Crippen molar-refractivity contribution >= 4 is 5.69 Å². The first-order valence-electron chi connectivity index (χ1n) is 6.22. The minimum atomic E-state index is -0.396. The van der Waals surface area contributed by atoms with Crippen molar-refractivity contribution in [2.45, 2.75) is 39.7 Å². The summed E-state index contributed by atoms with van der Waals surface area (Å²) in [6.07, 6.45) is 2.00. The van der Waals surface area contributed by atoms with E-state index in [1.807, 2.05) is 25.1 Å². The van der Waals surface area contributed by atoms with Crippen LogP contribution in [-0.2, 0) is 0 Å². The number of nitrogens with zero attached hydrogens (tertiary/aromatic N) is 1. The van der Waals surface area contributed by atoms with Gasteiger partial charge in [0, 0.05) is 24.3 Å². The van der Waals surface area contributed by atoms with E-state index in [1.54, 1.807) is 0 Å². The Labute approximate surface area is 98.9 Å². The van der Waals surface area contributed by atoms with E-state index in [4.69, 9.17) is 0 Å². The van der Waals surface area contributed by atoms with Gasteiger partial charge in [0.1, 0.15) is 0 Å². The molecule has 0 amide bonds. The smallest absolute Gasteiger partial charge is 0.0781 e. The van der Waals surface area contributed by atoms with Crippen molar-refractivity contribution in [3.63, 3.8) is 0 Å². The zero-order valence-electron chi connectivity index (χ0n) is 10.6. The van der Waals surface area contributed by atoms with Crippen LogP contribution in [0, 0.1) is 0 Å². The van der Waals surface area contributed by atoms with Crippen LogP contribution < -0.4 is 4.90 Å². The first kappa shape index (κ1) is 13.0. The minimum absolute atomic E-state index is 0.396. The van der Waals surface area contributed by atoms with E-state index < -0.39 is 6.10 Å². The Morgan fingerprint density at radius 1 is 1.25 bits per heavy atom. The van der Waals surface area contributed by atoms with E-state index in [9.17, 15) is 5.11 Å². The second kappa shape index (κ2) is 6.54. The first-order valence-corrected chi connectivity index (χ1v) is 6.22. The molecule has 1 rings (SSSR count). The molecule has 0 saturated carbocycles. The van der Waals surface area contributed by atoms with Gasteiger partial charge in [0.15, 0.2) is 0 Å². The van der Waals surface area contributed by atoms with E-state index in [2.05, 4.69) is 24.8 Å². The summed E-state index contributed by atoms with van der Waals surface area (Å²) in [5.41, 5.74) is 2.20. The van der Waals surface area contributed by atoms with Crippen molar-refractivity contribution < 1.29 is 5.11 Å². The van der Waals surface area contributed by atoms with Crippen LogP contribution in [0.5, 0.6) is 0 Å². The van der Waals surface area contributed by atoms with Gasteiger partial charge in [-0.05, 0) is 26.3 Å². The lowest BCUT2D eigenvalue weighted by molar-refractivity contribution is 0.199. The molecule has 0 radical (unpaired) electrons. The van der Waals surface area contributed by atoms with Gasteiger partial charge in [0.05, 0.1) is 6.10 Å². The van der Waals surface area contributed by atoms with Crippen molar-refractivity contribution in [2.75, 3.05) is 18.0 Å². The molecule has 2 nitrogen and oxygen atoms in total. The molecule has 0 aliphatic heterocycles. The summed E-state index contributed by atoms with van der Waals surface area (Å²) in [7, 11) is 0. The third-order valence-corrected chi connectivity index (χ3v) is 2.89. The second-order valence-corrected chi connectivity index (χ2v) is 4.17. The molecule has 0 saturated heterocycles. The molecule has 16 heavy (non-hydrogen) atoms. The van der Waals surface area contributed by atoms with Gasteiger partial charge in [-0.1, -0.05) is 31.5 Å². The lowest BCUT2D eigenvalue weighted by Crippen LogP contribution is -2.25. The third-order valence-electron chi connectivity index (χ3n) is 2.89. The molecule has 0 fully saturated rings. The predicted molar refractivity (Wildman–Crippen MR) is 69.9 cm³/mol. The molecule has 90 valence electrons. The van der Waals surface area contributed by atoms with Crippen LogP contribution in [0.25, 0.3) is 0 Å². The maximum atomic E-state index is 9.75. The second-order valence-electron chi connectivity index (χ2n) is 4.17. The van der Waals surface area contributed by atoms with Crippen molar-refractivity contribution in [3.8, 4) is 0 Å². The number of hydrogen-bond donors (Lipinski definition) is 1. The summed E-state index contributed by atoms with van der Waals surface area (Å²) in [6, 6.07) is 8.13. The number of benzene rings is 1. The molecule has 1 N–H and O–H groups in total. The number of aliphatic hydroxyl groups is 1. The van der Waals surface area contributed by atoms with Gasteiger partial charge in [0.25, 0.3) is 0 Å². The topological polar surface area (TPSA) is 23.5 Å². The molecule has 0 heterocycles. The van der Waals surface area contributed by atoms with Crippen LogP contribution in [-0.4, -0.2) is 18.2 Å². The van der Waals surface area contributed by atoms with E-state index in [0.717, 1.165) is 18.7 Å². The number of para-hydroxylation sites is 1. The fourth-order valence-corrected chi connectivity index (χ4v) is 1.93. The minimum Gasteiger partial charge on any atom is -0.389 e. The van der Waals surface area contributed by atoms with Gasteiger partial charge in [0.2, 0.25) is 0 Å². The Bertz CT molecular complexity index is 309. The lowest BCUT2D eigenvalue weighted by atomic mass is 10.1. The van der Waals surface area contributed by atoms with Crippen LogP contribution in [0.3, 0.4) is 0 Å². The summed E-state index contributed by atoms with van der Waals surface area (Å²) >= 11 is 0. The summed E-state index contributed by atoms with van der Waals surface area (Å²) in [4.78, 5) is 2.34. The fourth-order valence-electron chi connectivity index (χ4n) is 1.93. The molecular weight excluding hydrogens is 198 g/mol. The number of rotatable bonds is 6. The Balaban J connectivity index is 2.90. The summed E-state index contributed by atoms with van der Waals surface area (Å²) in [5.74, 6) is 0. The van der Waals surface area contributed by atoms with Crippen LogP contribution in [0.15, 0.2) is 24.3 Å². The Kier molecular flexibility index (Phi) is 5.33. The quantitative estimate of drug-likeness (QED) is 0.796. The van der Waals surface area contributed by atoms with Gasteiger partial charge >= 0.3 is 0 Å². The molecule has 0 aliphatic carbocycles. The number of anilines is 1. The van der Waals surface area contributed by atoms with Gasteiger partial charge in [-0.2, -0.15) is 0 Å². The maximum absolute atomic E-state index is 9.75. The van der Waals surface area contributed by atoms with E-state index >= 15 is 0 Å².